The summed E-state index contributed by atoms with van der Waals surface area (Å²) in [5, 5.41) is 11.7. The van der Waals surface area contributed by atoms with Crippen molar-refractivity contribution in [2.45, 2.75) is 26.4 Å². The Morgan fingerprint density at radius 1 is 0.958 bits per heavy atom. The summed E-state index contributed by atoms with van der Waals surface area (Å²) in [6, 6.07) is 19.6. The van der Waals surface area contributed by atoms with Gasteiger partial charge in [-0.05, 0) is 53.4 Å². The Kier molecular flexibility index (Phi) is 4.52. The summed E-state index contributed by atoms with van der Waals surface area (Å²) in [4.78, 5) is 11.7. The number of ether oxygens (including phenoxy) is 1. The van der Waals surface area contributed by atoms with Gasteiger partial charge in [0.25, 0.3) is 0 Å². The van der Waals surface area contributed by atoms with Gasteiger partial charge in [-0.15, -0.1) is 0 Å². The molecule has 0 spiro atoms. The van der Waals surface area contributed by atoms with Crippen molar-refractivity contribution in [1.82, 2.24) is 0 Å². The number of hydrogen-bond donors (Lipinski definition) is 1. The molecular weight excluding hydrogens is 300 g/mol. The van der Waals surface area contributed by atoms with E-state index in [0.717, 1.165) is 27.5 Å². The summed E-state index contributed by atoms with van der Waals surface area (Å²) in [6.45, 7) is 3.99. The summed E-state index contributed by atoms with van der Waals surface area (Å²) >= 11 is 0. The van der Waals surface area contributed by atoms with Gasteiger partial charge in [0.05, 0.1) is 0 Å². The van der Waals surface area contributed by atoms with Crippen molar-refractivity contribution >= 4 is 16.7 Å². The molecule has 3 nitrogen and oxygen atoms in total. The zero-order valence-corrected chi connectivity index (χ0v) is 13.8. The van der Waals surface area contributed by atoms with Crippen molar-refractivity contribution in [1.29, 1.82) is 0 Å². The van der Waals surface area contributed by atoms with Crippen LogP contribution in [0.4, 0.5) is 0 Å². The number of rotatable bonds is 5. The van der Waals surface area contributed by atoms with E-state index in [2.05, 4.69) is 0 Å². The molecule has 0 aromatic heterocycles. The topological polar surface area (TPSA) is 46.5 Å². The molecule has 0 radical (unpaired) electrons. The highest BCUT2D eigenvalue weighted by molar-refractivity contribution is 5.84. The Labute approximate surface area is 141 Å². The van der Waals surface area contributed by atoms with Crippen LogP contribution in [0, 0.1) is 13.8 Å². The summed E-state index contributed by atoms with van der Waals surface area (Å²) in [5.74, 6) is -0.377. The SMILES string of the molecule is Cc1cccc(C)c1CC(Oc1ccc2ccccc2c1)C(=O)O. The van der Waals surface area contributed by atoms with Crippen LogP contribution in [0.15, 0.2) is 60.7 Å². The van der Waals surface area contributed by atoms with E-state index >= 15 is 0 Å². The van der Waals surface area contributed by atoms with Crippen molar-refractivity contribution in [3.05, 3.63) is 77.4 Å². The second-order valence-corrected chi connectivity index (χ2v) is 6.03. The molecule has 0 saturated heterocycles. The fourth-order valence-electron chi connectivity index (χ4n) is 2.94. The first-order chi connectivity index (χ1) is 11.5. The van der Waals surface area contributed by atoms with Gasteiger partial charge in [-0.3, -0.25) is 0 Å². The highest BCUT2D eigenvalue weighted by Gasteiger charge is 2.22. The van der Waals surface area contributed by atoms with Crippen molar-refractivity contribution in [3.63, 3.8) is 0 Å². The Morgan fingerprint density at radius 3 is 2.29 bits per heavy atom. The summed E-state index contributed by atoms with van der Waals surface area (Å²) in [5.41, 5.74) is 3.21. The predicted octanol–water partition coefficient (Wildman–Crippen LogP) is 4.53. The summed E-state index contributed by atoms with van der Waals surface area (Å²) in [7, 11) is 0. The minimum absolute atomic E-state index is 0.348. The minimum atomic E-state index is -0.953. The van der Waals surface area contributed by atoms with E-state index in [9.17, 15) is 9.90 Å². The quantitative estimate of drug-likeness (QED) is 0.751. The van der Waals surface area contributed by atoms with E-state index in [1.165, 1.54) is 0 Å². The summed E-state index contributed by atoms with van der Waals surface area (Å²) < 4.78 is 5.80. The van der Waals surface area contributed by atoms with E-state index in [0.29, 0.717) is 12.2 Å². The predicted molar refractivity (Wildman–Crippen MR) is 95.6 cm³/mol. The van der Waals surface area contributed by atoms with E-state index in [-0.39, 0.29) is 0 Å². The zero-order valence-electron chi connectivity index (χ0n) is 13.8. The maximum atomic E-state index is 11.7. The molecule has 0 amide bonds. The molecule has 0 aliphatic rings. The lowest BCUT2D eigenvalue weighted by molar-refractivity contribution is -0.145. The number of fused-ring (bicyclic) bond motifs is 1. The maximum Gasteiger partial charge on any atom is 0.345 e. The number of aryl methyl sites for hydroxylation is 2. The van der Waals surface area contributed by atoms with Crippen LogP contribution in [-0.4, -0.2) is 17.2 Å². The lowest BCUT2D eigenvalue weighted by Gasteiger charge is -2.18. The first kappa shape index (κ1) is 16.1. The lowest BCUT2D eigenvalue weighted by atomic mass is 9.97. The third-order valence-electron chi connectivity index (χ3n) is 4.31. The van der Waals surface area contributed by atoms with Gasteiger partial charge in [-0.1, -0.05) is 48.5 Å². The van der Waals surface area contributed by atoms with Crippen LogP contribution in [0.2, 0.25) is 0 Å². The van der Waals surface area contributed by atoms with Crippen molar-refractivity contribution in [3.8, 4) is 5.75 Å². The summed E-state index contributed by atoms with van der Waals surface area (Å²) in [6.07, 6.45) is -0.563. The first-order valence-corrected chi connectivity index (χ1v) is 7.98. The molecule has 0 aliphatic carbocycles. The van der Waals surface area contributed by atoms with Crippen molar-refractivity contribution in [2.75, 3.05) is 0 Å². The normalized spacial score (nSPS) is 12.1. The fourth-order valence-corrected chi connectivity index (χ4v) is 2.94. The molecule has 1 atom stereocenters. The van der Waals surface area contributed by atoms with E-state index in [4.69, 9.17) is 4.74 Å². The van der Waals surface area contributed by atoms with Gasteiger partial charge in [0.2, 0.25) is 0 Å². The van der Waals surface area contributed by atoms with Gasteiger partial charge in [-0.25, -0.2) is 4.79 Å². The average Bonchev–Trinajstić information content (AvgIpc) is 2.57. The Hall–Kier alpha value is -2.81. The molecule has 3 rings (SSSR count). The van der Waals surface area contributed by atoms with E-state index in [1.807, 2.05) is 74.5 Å². The molecule has 3 aromatic carbocycles. The van der Waals surface area contributed by atoms with Gasteiger partial charge in [-0.2, -0.15) is 0 Å². The third-order valence-corrected chi connectivity index (χ3v) is 4.31. The van der Waals surface area contributed by atoms with Crippen molar-refractivity contribution < 1.29 is 14.6 Å². The van der Waals surface area contributed by atoms with Gasteiger partial charge < -0.3 is 9.84 Å². The first-order valence-electron chi connectivity index (χ1n) is 7.98. The molecule has 1 N–H and O–H groups in total. The van der Waals surface area contributed by atoms with Crippen LogP contribution < -0.4 is 4.74 Å². The Bertz CT molecular complexity index is 863. The van der Waals surface area contributed by atoms with Crippen LogP contribution in [0.3, 0.4) is 0 Å². The highest BCUT2D eigenvalue weighted by atomic mass is 16.5. The molecule has 1 unspecified atom stereocenters. The lowest BCUT2D eigenvalue weighted by Crippen LogP contribution is -2.30. The maximum absolute atomic E-state index is 11.7. The number of benzene rings is 3. The van der Waals surface area contributed by atoms with Crippen LogP contribution in [0.5, 0.6) is 5.75 Å². The highest BCUT2D eigenvalue weighted by Crippen LogP contribution is 2.23. The molecule has 0 aliphatic heterocycles. The number of carboxylic acids is 1. The molecule has 0 saturated carbocycles. The van der Waals surface area contributed by atoms with Crippen LogP contribution in [0.1, 0.15) is 16.7 Å². The van der Waals surface area contributed by atoms with Gasteiger partial charge in [0.1, 0.15) is 5.75 Å². The number of hydrogen-bond acceptors (Lipinski definition) is 2. The van der Waals surface area contributed by atoms with E-state index < -0.39 is 12.1 Å². The zero-order chi connectivity index (χ0) is 17.1. The monoisotopic (exact) mass is 320 g/mol. The second-order valence-electron chi connectivity index (χ2n) is 6.03. The molecule has 0 heterocycles. The Balaban J connectivity index is 1.87. The van der Waals surface area contributed by atoms with Gasteiger partial charge in [0.15, 0.2) is 6.10 Å². The molecule has 3 aromatic rings. The number of aliphatic carboxylic acids is 1. The standard InChI is InChI=1S/C21H20O3/c1-14-6-5-7-15(2)19(14)13-20(21(22)23)24-18-11-10-16-8-3-4-9-17(16)12-18/h3-12,20H,13H2,1-2H3,(H,22,23). The number of carbonyl (C=O) groups is 1. The second kappa shape index (κ2) is 6.75. The molecule has 0 fully saturated rings. The molecule has 122 valence electrons. The van der Waals surface area contributed by atoms with E-state index in [1.54, 1.807) is 0 Å². The Morgan fingerprint density at radius 2 is 1.62 bits per heavy atom. The third kappa shape index (κ3) is 3.40. The largest absolute Gasteiger partial charge is 0.478 e. The van der Waals surface area contributed by atoms with Crippen molar-refractivity contribution in [2.24, 2.45) is 0 Å². The molecule has 0 bridgehead atoms. The fraction of sp³-hybridized carbons (Fsp3) is 0.190. The average molecular weight is 320 g/mol. The van der Waals surface area contributed by atoms with Crippen LogP contribution in [0.25, 0.3) is 10.8 Å². The minimum Gasteiger partial charge on any atom is -0.478 e. The van der Waals surface area contributed by atoms with Gasteiger partial charge in [0, 0.05) is 6.42 Å². The van der Waals surface area contributed by atoms with Gasteiger partial charge >= 0.3 is 5.97 Å². The van der Waals surface area contributed by atoms with Crippen LogP contribution in [-0.2, 0) is 11.2 Å². The molecule has 3 heteroatoms. The molecular formula is C21H20O3. The molecule has 24 heavy (non-hydrogen) atoms. The smallest absolute Gasteiger partial charge is 0.345 e. The number of carboxylic acid groups (broad SMARTS) is 1. The van der Waals surface area contributed by atoms with Crippen LogP contribution >= 0.6 is 0 Å².